The molecule has 2 amide bonds. The Morgan fingerprint density at radius 1 is 0.935 bits per heavy atom. The van der Waals surface area contributed by atoms with Gasteiger partial charge in [-0.05, 0) is 42.9 Å². The molecular formula is C25H35BrN2O3. The lowest BCUT2D eigenvalue weighted by Crippen LogP contribution is -2.56. The summed E-state index contributed by atoms with van der Waals surface area (Å²) < 4.78 is 6.62. The smallest absolute Gasteiger partial charge is 0.233 e. The molecule has 0 aromatic heterocycles. The first-order valence-electron chi connectivity index (χ1n) is 12.0. The summed E-state index contributed by atoms with van der Waals surface area (Å²) in [6, 6.07) is 8.17. The monoisotopic (exact) mass is 490 g/mol. The van der Waals surface area contributed by atoms with Crippen molar-refractivity contribution >= 4 is 27.7 Å². The molecule has 2 heterocycles. The quantitative estimate of drug-likeness (QED) is 0.608. The number of nitrogens with zero attached hydrogens (tertiary/aromatic N) is 2. The number of hydrogen-bond donors (Lipinski definition) is 0. The van der Waals surface area contributed by atoms with Crippen molar-refractivity contribution in [1.82, 2.24) is 9.80 Å². The lowest BCUT2D eigenvalue weighted by Gasteiger charge is -2.43. The van der Waals surface area contributed by atoms with Crippen molar-refractivity contribution in [3.8, 4) is 0 Å². The molecule has 0 spiro atoms. The predicted octanol–water partition coefficient (Wildman–Crippen LogP) is 4.53. The molecule has 1 saturated carbocycles. The van der Waals surface area contributed by atoms with Crippen LogP contribution < -0.4 is 0 Å². The molecule has 6 heteroatoms. The van der Waals surface area contributed by atoms with Crippen molar-refractivity contribution in [3.63, 3.8) is 0 Å². The number of amides is 2. The lowest BCUT2D eigenvalue weighted by molar-refractivity contribution is -0.146. The van der Waals surface area contributed by atoms with Gasteiger partial charge in [-0.2, -0.15) is 0 Å². The standard InChI is InChI=1S/C25H35BrN2O3/c26-22-9-7-21(8-10-22)25(12-18-31-19-13-25)24(30)28-16-14-27(15-17-28)23(29)11-6-20-4-2-1-3-5-20/h7-10,20H,1-6,11-19H2. The zero-order valence-electron chi connectivity index (χ0n) is 18.5. The van der Waals surface area contributed by atoms with Gasteiger partial charge in [-0.1, -0.05) is 60.2 Å². The highest BCUT2D eigenvalue weighted by atomic mass is 79.9. The van der Waals surface area contributed by atoms with Crippen LogP contribution in [-0.4, -0.2) is 61.0 Å². The summed E-state index contributed by atoms with van der Waals surface area (Å²) in [6.45, 7) is 3.80. The lowest BCUT2D eigenvalue weighted by atomic mass is 9.73. The van der Waals surface area contributed by atoms with Crippen molar-refractivity contribution < 1.29 is 14.3 Å². The van der Waals surface area contributed by atoms with Crippen molar-refractivity contribution in [3.05, 3.63) is 34.3 Å². The van der Waals surface area contributed by atoms with E-state index in [1.807, 2.05) is 21.9 Å². The van der Waals surface area contributed by atoms with Gasteiger partial charge in [0.2, 0.25) is 11.8 Å². The molecular weight excluding hydrogens is 456 g/mol. The van der Waals surface area contributed by atoms with Gasteiger partial charge in [-0.3, -0.25) is 9.59 Å². The van der Waals surface area contributed by atoms with E-state index in [0.29, 0.717) is 58.7 Å². The number of ether oxygens (including phenoxy) is 1. The molecule has 2 aliphatic heterocycles. The van der Waals surface area contributed by atoms with Gasteiger partial charge >= 0.3 is 0 Å². The Morgan fingerprint density at radius 2 is 1.55 bits per heavy atom. The molecule has 1 aliphatic carbocycles. The molecule has 0 atom stereocenters. The van der Waals surface area contributed by atoms with Gasteiger partial charge in [0.15, 0.2) is 0 Å². The molecule has 0 bridgehead atoms. The maximum absolute atomic E-state index is 13.7. The van der Waals surface area contributed by atoms with E-state index in [2.05, 4.69) is 28.1 Å². The van der Waals surface area contributed by atoms with Gasteiger partial charge in [0.1, 0.15) is 0 Å². The van der Waals surface area contributed by atoms with Crippen molar-refractivity contribution in [2.24, 2.45) is 5.92 Å². The summed E-state index contributed by atoms with van der Waals surface area (Å²) in [5.41, 5.74) is 0.571. The highest BCUT2D eigenvalue weighted by molar-refractivity contribution is 9.10. The van der Waals surface area contributed by atoms with Crippen LogP contribution in [0.4, 0.5) is 0 Å². The Bertz CT molecular complexity index is 747. The highest BCUT2D eigenvalue weighted by Crippen LogP contribution is 2.37. The van der Waals surface area contributed by atoms with Crippen LogP contribution in [0, 0.1) is 5.92 Å². The number of hydrogen-bond acceptors (Lipinski definition) is 3. The van der Waals surface area contributed by atoms with Gasteiger partial charge in [0, 0.05) is 50.3 Å². The predicted molar refractivity (Wildman–Crippen MR) is 125 cm³/mol. The van der Waals surface area contributed by atoms with E-state index in [0.717, 1.165) is 22.4 Å². The molecule has 0 N–H and O–H groups in total. The summed E-state index contributed by atoms with van der Waals surface area (Å²) in [4.78, 5) is 30.4. The van der Waals surface area contributed by atoms with Crippen molar-refractivity contribution in [1.29, 1.82) is 0 Å². The second kappa shape index (κ2) is 10.5. The Morgan fingerprint density at radius 3 is 2.19 bits per heavy atom. The third kappa shape index (κ3) is 5.33. The van der Waals surface area contributed by atoms with Crippen LogP contribution in [0.5, 0.6) is 0 Å². The van der Waals surface area contributed by atoms with Crippen LogP contribution in [0.15, 0.2) is 28.7 Å². The summed E-state index contributed by atoms with van der Waals surface area (Å²) in [5, 5.41) is 0. The second-order valence-corrected chi connectivity index (χ2v) is 10.3. The molecule has 1 aromatic carbocycles. The van der Waals surface area contributed by atoms with Gasteiger partial charge < -0.3 is 14.5 Å². The first kappa shape index (κ1) is 22.8. The van der Waals surface area contributed by atoms with Crippen LogP contribution in [-0.2, 0) is 19.7 Å². The van der Waals surface area contributed by atoms with Crippen LogP contribution in [0.1, 0.15) is 63.4 Å². The van der Waals surface area contributed by atoms with Gasteiger partial charge in [-0.25, -0.2) is 0 Å². The number of carbonyl (C=O) groups is 2. The first-order valence-corrected chi connectivity index (χ1v) is 12.8. The molecule has 5 nitrogen and oxygen atoms in total. The normalized spacial score (nSPS) is 22.4. The van der Waals surface area contributed by atoms with E-state index >= 15 is 0 Å². The van der Waals surface area contributed by atoms with Crippen LogP contribution in [0.2, 0.25) is 0 Å². The zero-order valence-corrected chi connectivity index (χ0v) is 20.1. The molecule has 0 unspecified atom stereocenters. The molecule has 1 aromatic rings. The molecule has 2 saturated heterocycles. The largest absolute Gasteiger partial charge is 0.381 e. The SMILES string of the molecule is O=C(CCC1CCCCC1)N1CCN(C(=O)C2(c3ccc(Br)cc3)CCOCC2)CC1. The van der Waals surface area contributed by atoms with Crippen molar-refractivity contribution in [2.75, 3.05) is 39.4 Å². The highest BCUT2D eigenvalue weighted by Gasteiger charge is 2.44. The fraction of sp³-hybridized carbons (Fsp3) is 0.680. The maximum atomic E-state index is 13.7. The zero-order chi connectivity index (χ0) is 21.7. The fourth-order valence-corrected chi connectivity index (χ4v) is 5.80. The maximum Gasteiger partial charge on any atom is 0.233 e. The van der Waals surface area contributed by atoms with Crippen LogP contribution in [0.3, 0.4) is 0 Å². The Hall–Kier alpha value is -1.40. The first-order chi connectivity index (χ1) is 15.1. The number of halogens is 1. The van der Waals surface area contributed by atoms with E-state index < -0.39 is 5.41 Å². The molecule has 0 radical (unpaired) electrons. The summed E-state index contributed by atoms with van der Waals surface area (Å²) in [6.07, 6.45) is 9.71. The van der Waals surface area contributed by atoms with E-state index in [4.69, 9.17) is 4.74 Å². The van der Waals surface area contributed by atoms with Crippen molar-refractivity contribution in [2.45, 2.75) is 63.2 Å². The average molecular weight is 491 g/mol. The Kier molecular flexibility index (Phi) is 7.70. The van der Waals surface area contributed by atoms with E-state index in [1.165, 1.54) is 32.1 Å². The third-order valence-corrected chi connectivity index (χ3v) is 8.09. The minimum atomic E-state index is -0.508. The van der Waals surface area contributed by atoms with Crippen LogP contribution in [0.25, 0.3) is 0 Å². The number of benzene rings is 1. The molecule has 4 rings (SSSR count). The number of piperazine rings is 1. The Balaban J connectivity index is 1.35. The van der Waals surface area contributed by atoms with Gasteiger partial charge in [0.25, 0.3) is 0 Å². The van der Waals surface area contributed by atoms with E-state index in [-0.39, 0.29) is 11.8 Å². The molecule has 170 valence electrons. The third-order valence-electron chi connectivity index (χ3n) is 7.56. The minimum Gasteiger partial charge on any atom is -0.381 e. The summed E-state index contributed by atoms with van der Waals surface area (Å²) in [7, 11) is 0. The molecule has 3 aliphatic rings. The van der Waals surface area contributed by atoms with Gasteiger partial charge in [0.05, 0.1) is 5.41 Å². The fourth-order valence-electron chi connectivity index (χ4n) is 5.54. The minimum absolute atomic E-state index is 0.201. The summed E-state index contributed by atoms with van der Waals surface area (Å²) in [5.74, 6) is 1.21. The second-order valence-electron chi connectivity index (χ2n) is 9.42. The van der Waals surface area contributed by atoms with Gasteiger partial charge in [-0.15, -0.1) is 0 Å². The number of rotatable bonds is 5. The summed E-state index contributed by atoms with van der Waals surface area (Å²) >= 11 is 3.50. The molecule has 31 heavy (non-hydrogen) atoms. The topological polar surface area (TPSA) is 49.9 Å². The number of carbonyl (C=O) groups excluding carboxylic acids is 2. The Labute approximate surface area is 194 Å². The average Bonchev–Trinajstić information content (AvgIpc) is 2.83. The van der Waals surface area contributed by atoms with E-state index in [9.17, 15) is 9.59 Å². The van der Waals surface area contributed by atoms with E-state index in [1.54, 1.807) is 0 Å². The molecule has 3 fully saturated rings. The van der Waals surface area contributed by atoms with Crippen LogP contribution >= 0.6 is 15.9 Å².